The number of unbranched alkanes of at least 4 members (excludes halogenated alkanes) is 10. The lowest BCUT2D eigenvalue weighted by atomic mass is 10.1. The molecule has 0 saturated carbocycles. The van der Waals surface area contributed by atoms with Crippen LogP contribution in [0.3, 0.4) is 0 Å². The summed E-state index contributed by atoms with van der Waals surface area (Å²) >= 11 is 0. The number of aromatic amines is 1. The van der Waals surface area contributed by atoms with E-state index in [0.29, 0.717) is 0 Å². The Hall–Kier alpha value is -1.28. The third kappa shape index (κ3) is 7.09. The standard InChI is InChI=1S/C22H36N2/c1-2-3-4-5-6-7-8-9-10-11-14-17-23-18-20-19-24-22-16-13-12-15-21(20)22/h12-13,15-16,19,23-24H,2-11,14,17-18H2,1H3. The highest BCUT2D eigenvalue weighted by atomic mass is 14.9. The largest absolute Gasteiger partial charge is 0.361 e. The maximum absolute atomic E-state index is 3.59. The van der Waals surface area contributed by atoms with Crippen LogP contribution in [-0.4, -0.2) is 11.5 Å². The van der Waals surface area contributed by atoms with Crippen molar-refractivity contribution in [3.63, 3.8) is 0 Å². The summed E-state index contributed by atoms with van der Waals surface area (Å²) in [4.78, 5) is 3.34. The number of rotatable bonds is 14. The van der Waals surface area contributed by atoms with E-state index in [1.807, 2.05) is 0 Å². The van der Waals surface area contributed by atoms with Crippen molar-refractivity contribution < 1.29 is 0 Å². The summed E-state index contributed by atoms with van der Waals surface area (Å²) in [6, 6.07) is 8.54. The van der Waals surface area contributed by atoms with Crippen LogP contribution in [0.25, 0.3) is 10.9 Å². The fourth-order valence-electron chi connectivity index (χ4n) is 3.42. The minimum absolute atomic E-state index is 0.974. The van der Waals surface area contributed by atoms with E-state index in [0.717, 1.165) is 13.1 Å². The lowest BCUT2D eigenvalue weighted by Gasteiger charge is -2.05. The smallest absolute Gasteiger partial charge is 0.0457 e. The van der Waals surface area contributed by atoms with Crippen molar-refractivity contribution in [1.82, 2.24) is 10.3 Å². The molecule has 0 fully saturated rings. The summed E-state index contributed by atoms with van der Waals surface area (Å²) in [6.07, 6.45) is 17.7. The van der Waals surface area contributed by atoms with Crippen LogP contribution in [-0.2, 0) is 6.54 Å². The van der Waals surface area contributed by atoms with E-state index < -0.39 is 0 Å². The number of H-pyrrole nitrogens is 1. The van der Waals surface area contributed by atoms with Crippen LogP contribution in [0.15, 0.2) is 30.5 Å². The zero-order valence-corrected chi connectivity index (χ0v) is 15.6. The molecular formula is C22H36N2. The number of fused-ring (bicyclic) bond motifs is 1. The van der Waals surface area contributed by atoms with E-state index in [9.17, 15) is 0 Å². The molecule has 0 aliphatic carbocycles. The average Bonchev–Trinajstić information content (AvgIpc) is 3.02. The average molecular weight is 329 g/mol. The zero-order chi connectivity index (χ0) is 16.9. The van der Waals surface area contributed by atoms with Gasteiger partial charge in [-0.15, -0.1) is 0 Å². The third-order valence-corrected chi connectivity index (χ3v) is 4.95. The van der Waals surface area contributed by atoms with E-state index in [4.69, 9.17) is 0 Å². The second kappa shape index (κ2) is 12.1. The number of nitrogens with one attached hydrogen (secondary N) is 2. The van der Waals surface area contributed by atoms with Gasteiger partial charge in [0.05, 0.1) is 0 Å². The van der Waals surface area contributed by atoms with Gasteiger partial charge in [0.25, 0.3) is 0 Å². The van der Waals surface area contributed by atoms with E-state index >= 15 is 0 Å². The summed E-state index contributed by atoms with van der Waals surface area (Å²) in [6.45, 7) is 4.40. The molecule has 0 aliphatic heterocycles. The topological polar surface area (TPSA) is 27.8 Å². The van der Waals surface area contributed by atoms with E-state index in [-0.39, 0.29) is 0 Å². The number of aromatic nitrogens is 1. The van der Waals surface area contributed by atoms with Gasteiger partial charge in [-0.3, -0.25) is 0 Å². The Morgan fingerprint density at radius 3 is 2.12 bits per heavy atom. The second-order valence-electron chi connectivity index (χ2n) is 7.07. The van der Waals surface area contributed by atoms with Crippen LogP contribution < -0.4 is 5.32 Å². The Morgan fingerprint density at radius 2 is 1.42 bits per heavy atom. The Kier molecular flexibility index (Phi) is 9.63. The van der Waals surface area contributed by atoms with Crippen LogP contribution in [0.4, 0.5) is 0 Å². The van der Waals surface area contributed by atoms with Crippen LogP contribution in [0.5, 0.6) is 0 Å². The SMILES string of the molecule is CCCCCCCCCCCCCNCc1c[nH]c2ccccc12. The van der Waals surface area contributed by atoms with Gasteiger partial charge in [0, 0.05) is 23.6 Å². The number of para-hydroxylation sites is 1. The number of benzene rings is 1. The van der Waals surface area contributed by atoms with Crippen LogP contribution in [0.1, 0.15) is 83.1 Å². The van der Waals surface area contributed by atoms with Crippen molar-refractivity contribution in [2.75, 3.05) is 6.54 Å². The quantitative estimate of drug-likeness (QED) is 0.377. The number of hydrogen-bond acceptors (Lipinski definition) is 1. The Labute approximate surface area is 148 Å². The summed E-state index contributed by atoms with van der Waals surface area (Å²) in [5.41, 5.74) is 2.62. The summed E-state index contributed by atoms with van der Waals surface area (Å²) in [5, 5.41) is 4.94. The van der Waals surface area contributed by atoms with E-state index in [1.54, 1.807) is 0 Å². The molecule has 0 aliphatic rings. The fraction of sp³-hybridized carbons (Fsp3) is 0.636. The summed E-state index contributed by atoms with van der Waals surface area (Å²) in [7, 11) is 0. The number of hydrogen-bond donors (Lipinski definition) is 2. The summed E-state index contributed by atoms with van der Waals surface area (Å²) in [5.74, 6) is 0. The molecule has 0 bridgehead atoms. The molecule has 0 unspecified atom stereocenters. The molecule has 1 heterocycles. The molecule has 1 aromatic carbocycles. The molecule has 0 spiro atoms. The normalized spacial score (nSPS) is 11.4. The third-order valence-electron chi connectivity index (χ3n) is 4.95. The minimum Gasteiger partial charge on any atom is -0.361 e. The van der Waals surface area contributed by atoms with Crippen molar-refractivity contribution in [1.29, 1.82) is 0 Å². The minimum atomic E-state index is 0.974. The lowest BCUT2D eigenvalue weighted by Crippen LogP contribution is -2.14. The Bertz CT molecular complexity index is 544. The molecular weight excluding hydrogens is 292 g/mol. The van der Waals surface area contributed by atoms with Crippen molar-refractivity contribution in [3.05, 3.63) is 36.0 Å². The molecule has 134 valence electrons. The fourth-order valence-corrected chi connectivity index (χ4v) is 3.42. The van der Waals surface area contributed by atoms with E-state index in [2.05, 4.69) is 47.7 Å². The van der Waals surface area contributed by atoms with Gasteiger partial charge < -0.3 is 10.3 Å². The van der Waals surface area contributed by atoms with Gasteiger partial charge in [-0.2, -0.15) is 0 Å². The van der Waals surface area contributed by atoms with E-state index in [1.165, 1.54) is 87.1 Å². The zero-order valence-electron chi connectivity index (χ0n) is 15.6. The van der Waals surface area contributed by atoms with Crippen molar-refractivity contribution in [2.45, 2.75) is 84.1 Å². The maximum Gasteiger partial charge on any atom is 0.0457 e. The Morgan fingerprint density at radius 1 is 0.792 bits per heavy atom. The first-order valence-corrected chi connectivity index (χ1v) is 10.2. The highest BCUT2D eigenvalue weighted by molar-refractivity contribution is 5.82. The monoisotopic (exact) mass is 328 g/mol. The molecule has 0 atom stereocenters. The van der Waals surface area contributed by atoms with Gasteiger partial charge in [0.15, 0.2) is 0 Å². The molecule has 2 N–H and O–H groups in total. The first kappa shape index (κ1) is 19.1. The highest BCUT2D eigenvalue weighted by Crippen LogP contribution is 2.17. The second-order valence-corrected chi connectivity index (χ2v) is 7.07. The van der Waals surface area contributed by atoms with Crippen LogP contribution >= 0.6 is 0 Å². The van der Waals surface area contributed by atoms with Gasteiger partial charge in [-0.05, 0) is 24.6 Å². The van der Waals surface area contributed by atoms with Gasteiger partial charge in [-0.1, -0.05) is 89.3 Å². The van der Waals surface area contributed by atoms with Crippen molar-refractivity contribution in [2.24, 2.45) is 0 Å². The molecule has 0 radical (unpaired) electrons. The van der Waals surface area contributed by atoms with Crippen molar-refractivity contribution in [3.8, 4) is 0 Å². The van der Waals surface area contributed by atoms with Gasteiger partial charge in [-0.25, -0.2) is 0 Å². The lowest BCUT2D eigenvalue weighted by molar-refractivity contribution is 0.539. The van der Waals surface area contributed by atoms with Gasteiger partial charge >= 0.3 is 0 Å². The molecule has 2 nitrogen and oxygen atoms in total. The Balaban J connectivity index is 1.41. The predicted molar refractivity (Wildman–Crippen MR) is 106 cm³/mol. The summed E-state index contributed by atoms with van der Waals surface area (Å²) < 4.78 is 0. The molecule has 0 saturated heterocycles. The van der Waals surface area contributed by atoms with Crippen molar-refractivity contribution >= 4 is 10.9 Å². The van der Waals surface area contributed by atoms with Crippen LogP contribution in [0, 0.1) is 0 Å². The molecule has 24 heavy (non-hydrogen) atoms. The predicted octanol–water partition coefficient (Wildman–Crippen LogP) is 6.57. The first-order chi connectivity index (χ1) is 11.9. The molecule has 2 aromatic rings. The first-order valence-electron chi connectivity index (χ1n) is 10.2. The molecule has 2 heteroatoms. The molecule has 0 amide bonds. The van der Waals surface area contributed by atoms with Gasteiger partial charge in [0.2, 0.25) is 0 Å². The highest BCUT2D eigenvalue weighted by Gasteiger charge is 2.01. The molecule has 1 aromatic heterocycles. The van der Waals surface area contributed by atoms with Crippen LogP contribution in [0.2, 0.25) is 0 Å². The molecule has 2 rings (SSSR count). The van der Waals surface area contributed by atoms with Gasteiger partial charge in [0.1, 0.15) is 0 Å². The maximum atomic E-state index is 3.59.